The highest BCUT2D eigenvalue weighted by atomic mass is 19.1. The predicted molar refractivity (Wildman–Crippen MR) is 122 cm³/mol. The van der Waals surface area contributed by atoms with Gasteiger partial charge in [0, 0.05) is 18.3 Å². The first-order valence-corrected chi connectivity index (χ1v) is 10.9. The Bertz CT molecular complexity index is 883. The lowest BCUT2D eigenvalue weighted by Gasteiger charge is -2.32. The molecule has 0 aliphatic carbocycles. The van der Waals surface area contributed by atoms with E-state index < -0.39 is 0 Å². The van der Waals surface area contributed by atoms with Crippen LogP contribution in [0.15, 0.2) is 60.4 Å². The maximum atomic E-state index is 13.1. The van der Waals surface area contributed by atoms with Gasteiger partial charge in [-0.2, -0.15) is 5.26 Å². The van der Waals surface area contributed by atoms with Gasteiger partial charge < -0.3 is 20.3 Å². The lowest BCUT2D eigenvalue weighted by atomic mass is 9.90. The van der Waals surface area contributed by atoms with Crippen LogP contribution in [-0.4, -0.2) is 38.2 Å². The van der Waals surface area contributed by atoms with Gasteiger partial charge in [0.25, 0.3) is 0 Å². The minimum Gasteiger partial charge on any atom is -0.497 e. The number of hydrogen-bond donors (Lipinski definition) is 2. The summed E-state index contributed by atoms with van der Waals surface area (Å²) in [6.45, 7) is 4.04. The van der Waals surface area contributed by atoms with Gasteiger partial charge in [0.1, 0.15) is 17.4 Å². The Morgan fingerprint density at radius 1 is 1.23 bits per heavy atom. The maximum absolute atomic E-state index is 13.1. The van der Waals surface area contributed by atoms with Crippen LogP contribution in [0.4, 0.5) is 10.1 Å². The summed E-state index contributed by atoms with van der Waals surface area (Å²) in [6, 6.07) is 16.6. The number of methoxy groups -OCH3 is 1. The number of likely N-dealkylation sites (tertiary alicyclic amines) is 1. The van der Waals surface area contributed by atoms with Crippen molar-refractivity contribution in [1.29, 1.82) is 5.26 Å². The minimum absolute atomic E-state index is 0.168. The zero-order valence-corrected chi connectivity index (χ0v) is 18.1. The number of anilines is 1. The fourth-order valence-corrected chi connectivity index (χ4v) is 3.95. The van der Waals surface area contributed by atoms with Crippen molar-refractivity contribution in [3.63, 3.8) is 0 Å². The van der Waals surface area contributed by atoms with E-state index in [9.17, 15) is 4.39 Å². The topological polar surface area (TPSA) is 60.3 Å². The van der Waals surface area contributed by atoms with Gasteiger partial charge in [-0.25, -0.2) is 4.39 Å². The lowest BCUT2D eigenvalue weighted by Crippen LogP contribution is -2.36. The van der Waals surface area contributed by atoms with Crippen molar-refractivity contribution in [1.82, 2.24) is 10.2 Å². The summed E-state index contributed by atoms with van der Waals surface area (Å²) in [5.41, 5.74) is 2.10. The summed E-state index contributed by atoms with van der Waals surface area (Å²) in [6.07, 6.45) is 5.89. The highest BCUT2D eigenvalue weighted by molar-refractivity contribution is 5.52. The molecule has 2 aromatic carbocycles. The van der Waals surface area contributed by atoms with Crippen LogP contribution < -0.4 is 15.4 Å². The van der Waals surface area contributed by atoms with Crippen LogP contribution in [0.25, 0.3) is 0 Å². The zero-order chi connectivity index (χ0) is 21.9. The molecule has 0 aromatic heterocycles. The molecule has 1 fully saturated rings. The number of nitriles is 1. The van der Waals surface area contributed by atoms with E-state index in [1.807, 2.05) is 36.4 Å². The molecule has 31 heavy (non-hydrogen) atoms. The number of benzene rings is 2. The molecule has 164 valence electrons. The molecule has 1 aliphatic heterocycles. The Hall–Kier alpha value is -3.04. The van der Waals surface area contributed by atoms with E-state index in [-0.39, 0.29) is 5.82 Å². The molecule has 1 heterocycles. The van der Waals surface area contributed by atoms with Gasteiger partial charge in [0.05, 0.1) is 19.3 Å². The number of hydrogen-bond acceptors (Lipinski definition) is 5. The van der Waals surface area contributed by atoms with Crippen LogP contribution in [-0.2, 0) is 6.42 Å². The number of nitrogens with zero attached hydrogens (tertiary/aromatic N) is 2. The molecule has 0 atom stereocenters. The molecular formula is C25H31FN4O. The Morgan fingerprint density at radius 3 is 2.71 bits per heavy atom. The Kier molecular flexibility index (Phi) is 8.74. The zero-order valence-electron chi connectivity index (χ0n) is 18.1. The van der Waals surface area contributed by atoms with Crippen LogP contribution in [0.3, 0.4) is 0 Å². The van der Waals surface area contributed by atoms with Crippen molar-refractivity contribution in [3.05, 3.63) is 71.8 Å². The van der Waals surface area contributed by atoms with Crippen LogP contribution in [0, 0.1) is 23.1 Å². The molecule has 2 N–H and O–H groups in total. The third-order valence-corrected chi connectivity index (χ3v) is 5.67. The molecule has 0 radical (unpaired) electrons. The average Bonchev–Trinajstić information content (AvgIpc) is 2.79. The van der Waals surface area contributed by atoms with Crippen molar-refractivity contribution < 1.29 is 9.13 Å². The highest BCUT2D eigenvalue weighted by Gasteiger charge is 2.19. The molecule has 0 unspecified atom stereocenters. The first kappa shape index (κ1) is 22.6. The van der Waals surface area contributed by atoms with E-state index >= 15 is 0 Å². The Morgan fingerprint density at radius 2 is 2.00 bits per heavy atom. The molecule has 6 heteroatoms. The fraction of sp³-hybridized carbons (Fsp3) is 0.400. The second-order valence-corrected chi connectivity index (χ2v) is 7.94. The third kappa shape index (κ3) is 7.62. The molecule has 1 aliphatic rings. The molecular weight excluding hydrogens is 391 g/mol. The summed E-state index contributed by atoms with van der Waals surface area (Å²) in [5.74, 6) is 1.97. The third-order valence-electron chi connectivity index (χ3n) is 5.67. The standard InChI is InChI=1S/C25H31FN4O/c1-31-24-5-2-4-23(19-24)29-25(10-13-27)28-14-3-15-30-16-11-21(12-17-30)18-20-6-8-22(26)9-7-20/h2,4-10,19,21,28-29H,3,11-12,14-18H2,1H3/b25-10-. The monoisotopic (exact) mass is 422 g/mol. The van der Waals surface area contributed by atoms with Gasteiger partial charge in [0.2, 0.25) is 0 Å². The van der Waals surface area contributed by atoms with Crippen molar-refractivity contribution in [3.8, 4) is 11.8 Å². The van der Waals surface area contributed by atoms with E-state index in [4.69, 9.17) is 10.00 Å². The van der Waals surface area contributed by atoms with Gasteiger partial charge in [-0.05, 0) is 81.1 Å². The molecule has 0 bridgehead atoms. The molecule has 1 saturated heterocycles. The van der Waals surface area contributed by atoms with E-state index in [1.54, 1.807) is 19.2 Å². The fourth-order valence-electron chi connectivity index (χ4n) is 3.95. The molecule has 2 aromatic rings. The van der Waals surface area contributed by atoms with Crippen LogP contribution >= 0.6 is 0 Å². The Balaban J connectivity index is 1.35. The van der Waals surface area contributed by atoms with Crippen LogP contribution in [0.2, 0.25) is 0 Å². The van der Waals surface area contributed by atoms with Crippen molar-refractivity contribution in [2.45, 2.75) is 25.7 Å². The van der Waals surface area contributed by atoms with E-state index in [0.29, 0.717) is 11.7 Å². The summed E-state index contributed by atoms with van der Waals surface area (Å²) >= 11 is 0. The number of rotatable bonds is 10. The summed E-state index contributed by atoms with van der Waals surface area (Å²) < 4.78 is 18.3. The molecule has 0 amide bonds. The van der Waals surface area contributed by atoms with Crippen molar-refractivity contribution in [2.75, 3.05) is 38.6 Å². The normalized spacial score (nSPS) is 15.3. The summed E-state index contributed by atoms with van der Waals surface area (Å²) in [7, 11) is 1.63. The number of allylic oxidation sites excluding steroid dienone is 1. The second-order valence-electron chi connectivity index (χ2n) is 7.94. The Labute approximate surface area is 184 Å². The van der Waals surface area contributed by atoms with Gasteiger partial charge in [0.15, 0.2) is 0 Å². The SMILES string of the molecule is COc1cccc(N/C(=C\C#N)NCCCN2CCC(Cc3ccc(F)cc3)CC2)c1. The van der Waals surface area contributed by atoms with E-state index in [1.165, 1.54) is 24.5 Å². The van der Waals surface area contributed by atoms with Gasteiger partial charge in [-0.3, -0.25) is 0 Å². The molecule has 3 rings (SSSR count). The largest absolute Gasteiger partial charge is 0.497 e. The molecule has 0 spiro atoms. The maximum Gasteiger partial charge on any atom is 0.123 e. The van der Waals surface area contributed by atoms with Gasteiger partial charge >= 0.3 is 0 Å². The quantitative estimate of drug-likeness (QED) is 0.435. The highest BCUT2D eigenvalue weighted by Crippen LogP contribution is 2.22. The smallest absolute Gasteiger partial charge is 0.123 e. The minimum atomic E-state index is -0.168. The van der Waals surface area contributed by atoms with Crippen LogP contribution in [0.1, 0.15) is 24.8 Å². The number of halogens is 1. The van der Waals surface area contributed by atoms with Gasteiger partial charge in [-0.15, -0.1) is 0 Å². The molecule has 0 saturated carbocycles. The van der Waals surface area contributed by atoms with Crippen LogP contribution in [0.5, 0.6) is 5.75 Å². The second kappa shape index (κ2) is 12.0. The van der Waals surface area contributed by atoms with E-state index in [2.05, 4.69) is 21.6 Å². The predicted octanol–water partition coefficient (Wildman–Crippen LogP) is 4.55. The average molecular weight is 423 g/mol. The van der Waals surface area contributed by atoms with Crippen molar-refractivity contribution >= 4 is 5.69 Å². The summed E-state index contributed by atoms with van der Waals surface area (Å²) in [5, 5.41) is 15.6. The number of ether oxygens (including phenoxy) is 1. The lowest BCUT2D eigenvalue weighted by molar-refractivity contribution is 0.182. The van der Waals surface area contributed by atoms with E-state index in [0.717, 1.165) is 50.5 Å². The molecule has 5 nitrogen and oxygen atoms in total. The first-order chi connectivity index (χ1) is 15.2. The number of nitrogens with one attached hydrogen (secondary N) is 2. The van der Waals surface area contributed by atoms with Crippen molar-refractivity contribution in [2.24, 2.45) is 5.92 Å². The van der Waals surface area contributed by atoms with Gasteiger partial charge in [-0.1, -0.05) is 18.2 Å². The summed E-state index contributed by atoms with van der Waals surface area (Å²) in [4.78, 5) is 2.51. The first-order valence-electron chi connectivity index (χ1n) is 10.9. The number of piperidine rings is 1.